The van der Waals surface area contributed by atoms with Crippen LogP contribution in [0, 0.1) is 0 Å². The van der Waals surface area contributed by atoms with Gasteiger partial charge < -0.3 is 5.32 Å². The summed E-state index contributed by atoms with van der Waals surface area (Å²) in [7, 11) is 0. The van der Waals surface area contributed by atoms with Crippen LogP contribution in [-0.4, -0.2) is 6.21 Å². The molecule has 0 atom stereocenters. The van der Waals surface area contributed by atoms with E-state index in [4.69, 9.17) is 0 Å². The van der Waals surface area contributed by atoms with Crippen LogP contribution in [0.3, 0.4) is 0 Å². The maximum absolute atomic E-state index is 3.25. The molecule has 2 nitrogen and oxygen atoms in total. The number of rotatable bonds is 4. The van der Waals surface area contributed by atoms with Gasteiger partial charge in [-0.2, -0.15) is 0 Å². The Labute approximate surface area is 108 Å². The fourth-order valence-electron chi connectivity index (χ4n) is 1.50. The largest absolute Gasteiger partial charge is 0.361 e. The fraction of sp³-hybridized carbons (Fsp3) is 0.0625. The van der Waals surface area contributed by atoms with Crippen molar-refractivity contribution in [1.82, 2.24) is 0 Å². The number of hydrogen-bond donors (Lipinski definition) is 2. The van der Waals surface area contributed by atoms with E-state index in [-0.39, 0.29) is 0 Å². The van der Waals surface area contributed by atoms with Crippen molar-refractivity contribution in [2.45, 2.75) is 6.92 Å². The highest BCUT2D eigenvalue weighted by atomic mass is 14.8. The van der Waals surface area contributed by atoms with Crippen molar-refractivity contribution in [2.75, 3.05) is 5.32 Å². The molecule has 0 aliphatic heterocycles. The summed E-state index contributed by atoms with van der Waals surface area (Å²) in [6.45, 7) is 2.05. The molecule has 18 heavy (non-hydrogen) atoms. The summed E-state index contributed by atoms with van der Waals surface area (Å²) in [6, 6.07) is 20.2. The van der Waals surface area contributed by atoms with Gasteiger partial charge >= 0.3 is 0 Å². The third kappa shape index (κ3) is 3.91. The van der Waals surface area contributed by atoms with E-state index in [9.17, 15) is 0 Å². The summed E-state index contributed by atoms with van der Waals surface area (Å²) in [4.78, 5) is 3.25. The number of allylic oxidation sites excluding steroid dienone is 1. The van der Waals surface area contributed by atoms with Crippen molar-refractivity contribution in [2.24, 2.45) is 0 Å². The van der Waals surface area contributed by atoms with Gasteiger partial charge in [0.05, 0.1) is 0 Å². The van der Waals surface area contributed by atoms with E-state index in [1.54, 1.807) is 0 Å². The molecule has 0 spiro atoms. The Morgan fingerprint density at radius 3 is 2.22 bits per heavy atom. The molecule has 0 aliphatic rings. The molecule has 0 fully saturated rings. The first-order chi connectivity index (χ1) is 8.84. The van der Waals surface area contributed by atoms with Gasteiger partial charge in [-0.25, -0.2) is 4.99 Å². The van der Waals surface area contributed by atoms with Crippen LogP contribution in [0.2, 0.25) is 0 Å². The molecule has 2 rings (SSSR count). The molecule has 2 heteroatoms. The van der Waals surface area contributed by atoms with Crippen LogP contribution in [0.15, 0.2) is 72.4 Å². The Morgan fingerprint density at radius 1 is 0.944 bits per heavy atom. The Hall–Kier alpha value is -2.35. The Morgan fingerprint density at radius 2 is 1.56 bits per heavy atom. The van der Waals surface area contributed by atoms with Gasteiger partial charge in [0.2, 0.25) is 5.69 Å². The Kier molecular flexibility index (Phi) is 4.31. The van der Waals surface area contributed by atoms with E-state index in [2.05, 4.69) is 10.3 Å². The van der Waals surface area contributed by atoms with Gasteiger partial charge in [-0.1, -0.05) is 36.4 Å². The van der Waals surface area contributed by atoms with Crippen molar-refractivity contribution in [3.63, 3.8) is 0 Å². The highest BCUT2D eigenvalue weighted by Crippen LogP contribution is 2.05. The van der Waals surface area contributed by atoms with Crippen LogP contribution < -0.4 is 10.3 Å². The van der Waals surface area contributed by atoms with Gasteiger partial charge in [-0.15, -0.1) is 0 Å². The maximum atomic E-state index is 3.25. The number of benzene rings is 2. The molecule has 0 unspecified atom stereocenters. The lowest BCUT2D eigenvalue weighted by molar-refractivity contribution is -0.347. The first kappa shape index (κ1) is 12.1. The predicted octanol–water partition coefficient (Wildman–Crippen LogP) is 2.49. The van der Waals surface area contributed by atoms with Gasteiger partial charge in [0.1, 0.15) is 0 Å². The summed E-state index contributed by atoms with van der Waals surface area (Å²) in [5.74, 6) is 0. The normalized spacial score (nSPS) is 11.7. The van der Waals surface area contributed by atoms with Gasteiger partial charge in [-0.05, 0) is 19.1 Å². The van der Waals surface area contributed by atoms with E-state index in [0.717, 1.165) is 16.9 Å². The molecule has 0 saturated heterocycles. The highest BCUT2D eigenvalue weighted by Gasteiger charge is 1.92. The summed E-state index contributed by atoms with van der Waals surface area (Å²) in [5.41, 5.74) is 3.30. The minimum atomic E-state index is 1.09. The third-order valence-corrected chi connectivity index (χ3v) is 2.48. The average molecular weight is 237 g/mol. The predicted molar refractivity (Wildman–Crippen MR) is 77.0 cm³/mol. The van der Waals surface area contributed by atoms with Gasteiger partial charge in [0.25, 0.3) is 0 Å². The summed E-state index contributed by atoms with van der Waals surface area (Å²) in [6.07, 6.45) is 3.95. The van der Waals surface area contributed by atoms with Gasteiger partial charge in [0.15, 0.2) is 6.21 Å². The summed E-state index contributed by atoms with van der Waals surface area (Å²) in [5, 5.41) is 3.25. The van der Waals surface area contributed by atoms with Gasteiger partial charge in [-0.3, -0.25) is 0 Å². The van der Waals surface area contributed by atoms with E-state index in [1.165, 1.54) is 0 Å². The second-order valence-corrected chi connectivity index (χ2v) is 4.05. The summed E-state index contributed by atoms with van der Waals surface area (Å²) < 4.78 is 0. The quantitative estimate of drug-likeness (QED) is 0.785. The molecule has 0 heterocycles. The molecule has 0 aromatic heterocycles. The molecule has 0 saturated carbocycles. The SMILES string of the molecule is C/C(C=[NH+]c1ccccc1)=C\Nc1ccccc1. The highest BCUT2D eigenvalue weighted by molar-refractivity contribution is 5.74. The lowest BCUT2D eigenvalue weighted by atomic mass is 10.3. The lowest BCUT2D eigenvalue weighted by Gasteiger charge is -1.98. The van der Waals surface area contributed by atoms with Crippen LogP contribution >= 0.6 is 0 Å². The van der Waals surface area contributed by atoms with Crippen molar-refractivity contribution >= 4 is 17.6 Å². The minimum absolute atomic E-state index is 1.09. The molecule has 0 aliphatic carbocycles. The first-order valence-corrected chi connectivity index (χ1v) is 5.98. The molecule has 90 valence electrons. The zero-order valence-electron chi connectivity index (χ0n) is 10.4. The molecular weight excluding hydrogens is 220 g/mol. The van der Waals surface area contributed by atoms with Crippen LogP contribution in [-0.2, 0) is 0 Å². The van der Waals surface area contributed by atoms with Crippen LogP contribution in [0.4, 0.5) is 11.4 Å². The molecule has 0 radical (unpaired) electrons. The molecule has 0 bridgehead atoms. The molecule has 2 N–H and O–H groups in total. The number of nitrogens with one attached hydrogen (secondary N) is 2. The topological polar surface area (TPSA) is 26.0 Å². The minimum Gasteiger partial charge on any atom is -0.361 e. The van der Waals surface area contributed by atoms with Crippen molar-refractivity contribution in [3.05, 3.63) is 72.4 Å². The zero-order valence-corrected chi connectivity index (χ0v) is 10.4. The molecule has 2 aromatic carbocycles. The smallest absolute Gasteiger partial charge is 0.203 e. The van der Waals surface area contributed by atoms with Crippen molar-refractivity contribution in [3.8, 4) is 0 Å². The maximum Gasteiger partial charge on any atom is 0.203 e. The first-order valence-electron chi connectivity index (χ1n) is 5.98. The van der Waals surface area contributed by atoms with Crippen LogP contribution in [0.25, 0.3) is 0 Å². The molecule has 0 amide bonds. The Balaban J connectivity index is 1.96. The zero-order chi connectivity index (χ0) is 12.6. The van der Waals surface area contributed by atoms with Gasteiger partial charge in [0, 0.05) is 29.6 Å². The van der Waals surface area contributed by atoms with E-state index in [0.29, 0.717) is 0 Å². The van der Waals surface area contributed by atoms with E-state index in [1.807, 2.05) is 80.0 Å². The summed E-state index contributed by atoms with van der Waals surface area (Å²) >= 11 is 0. The second kappa shape index (κ2) is 6.40. The Bertz CT molecular complexity index is 528. The van der Waals surface area contributed by atoms with Crippen molar-refractivity contribution in [1.29, 1.82) is 0 Å². The van der Waals surface area contributed by atoms with Crippen LogP contribution in [0.1, 0.15) is 6.92 Å². The second-order valence-electron chi connectivity index (χ2n) is 4.05. The third-order valence-electron chi connectivity index (χ3n) is 2.48. The van der Waals surface area contributed by atoms with E-state index >= 15 is 0 Å². The number of anilines is 1. The molecular formula is C16H17N2+. The van der Waals surface area contributed by atoms with Crippen molar-refractivity contribution < 1.29 is 4.99 Å². The van der Waals surface area contributed by atoms with Crippen LogP contribution in [0.5, 0.6) is 0 Å². The lowest BCUT2D eigenvalue weighted by Crippen LogP contribution is -2.61. The monoisotopic (exact) mass is 237 g/mol. The average Bonchev–Trinajstić information content (AvgIpc) is 2.45. The number of para-hydroxylation sites is 2. The fourth-order valence-corrected chi connectivity index (χ4v) is 1.50. The van der Waals surface area contributed by atoms with E-state index < -0.39 is 0 Å². The molecule has 2 aromatic rings. The standard InChI is InChI=1S/C16H16N2/c1-14(12-17-15-8-4-2-5-9-15)13-18-16-10-6-3-7-11-16/h2-13,17H,1H3/p+1/b14-12+,18-13?. The number of hydrogen-bond acceptors (Lipinski definition) is 1.